The number of hydrogen-bond donors (Lipinski definition) is 0. The molecule has 0 atom stereocenters. The van der Waals surface area contributed by atoms with E-state index in [1.165, 1.54) is 0 Å². The molecule has 106 valence electrons. The fraction of sp³-hybridized carbons (Fsp3) is 0.333. The van der Waals surface area contributed by atoms with Gasteiger partial charge in [0.25, 0.3) is 0 Å². The third kappa shape index (κ3) is 3.17. The highest BCUT2D eigenvalue weighted by Crippen LogP contribution is 2.28. The van der Waals surface area contributed by atoms with E-state index in [4.69, 9.17) is 9.47 Å². The van der Waals surface area contributed by atoms with Crippen molar-refractivity contribution in [3.05, 3.63) is 41.9 Å². The van der Waals surface area contributed by atoms with Crippen LogP contribution < -0.4 is 14.4 Å². The van der Waals surface area contributed by atoms with Crippen LogP contribution >= 0.6 is 0 Å². The molecule has 0 unspecified atom stereocenters. The fourth-order valence-corrected chi connectivity index (χ4v) is 1.99. The van der Waals surface area contributed by atoms with Crippen LogP contribution in [0, 0.1) is 6.92 Å². The number of ether oxygens (including phenoxy) is 2. The van der Waals surface area contributed by atoms with Crippen molar-refractivity contribution in [3.63, 3.8) is 0 Å². The summed E-state index contributed by atoms with van der Waals surface area (Å²) in [7, 11) is 5.27. The van der Waals surface area contributed by atoms with Crippen molar-refractivity contribution in [3.8, 4) is 11.5 Å². The van der Waals surface area contributed by atoms with E-state index in [0.29, 0.717) is 0 Å². The smallest absolute Gasteiger partial charge is 0.161 e. The summed E-state index contributed by atoms with van der Waals surface area (Å²) in [6.07, 6.45) is 1.77. The second-order valence-corrected chi connectivity index (χ2v) is 4.51. The lowest BCUT2D eigenvalue weighted by Gasteiger charge is -2.19. The molecule has 0 amide bonds. The van der Waals surface area contributed by atoms with E-state index in [1.54, 1.807) is 20.4 Å². The first kappa shape index (κ1) is 14.1. The molecule has 2 rings (SSSR count). The molecule has 0 aliphatic heterocycles. The fourth-order valence-electron chi connectivity index (χ4n) is 1.99. The Hall–Kier alpha value is -2.30. The molecule has 5 heteroatoms. The lowest BCUT2D eigenvalue weighted by atomic mass is 10.2. The van der Waals surface area contributed by atoms with Crippen LogP contribution in [0.4, 0.5) is 5.82 Å². The van der Waals surface area contributed by atoms with Crippen molar-refractivity contribution >= 4 is 5.82 Å². The number of anilines is 1. The van der Waals surface area contributed by atoms with Gasteiger partial charge in [-0.3, -0.25) is 0 Å². The van der Waals surface area contributed by atoms with E-state index in [9.17, 15) is 0 Å². The van der Waals surface area contributed by atoms with E-state index < -0.39 is 0 Å². The van der Waals surface area contributed by atoms with Gasteiger partial charge in [0, 0.05) is 19.8 Å². The first-order valence-corrected chi connectivity index (χ1v) is 6.35. The van der Waals surface area contributed by atoms with Crippen LogP contribution in [-0.4, -0.2) is 31.2 Å². The average molecular weight is 273 g/mol. The van der Waals surface area contributed by atoms with Crippen LogP contribution in [0.25, 0.3) is 0 Å². The van der Waals surface area contributed by atoms with E-state index in [2.05, 4.69) is 14.9 Å². The summed E-state index contributed by atoms with van der Waals surface area (Å²) >= 11 is 0. The van der Waals surface area contributed by atoms with Crippen molar-refractivity contribution in [2.24, 2.45) is 0 Å². The van der Waals surface area contributed by atoms with Crippen molar-refractivity contribution in [2.75, 3.05) is 26.2 Å². The van der Waals surface area contributed by atoms with Gasteiger partial charge in [0.1, 0.15) is 11.6 Å². The number of aryl methyl sites for hydroxylation is 1. The predicted octanol–water partition coefficient (Wildman–Crippen LogP) is 2.44. The van der Waals surface area contributed by atoms with Crippen molar-refractivity contribution in [1.29, 1.82) is 0 Å². The maximum atomic E-state index is 5.31. The Morgan fingerprint density at radius 1 is 1.10 bits per heavy atom. The lowest BCUT2D eigenvalue weighted by molar-refractivity contribution is 0.354. The number of benzene rings is 1. The number of hydrogen-bond acceptors (Lipinski definition) is 5. The summed E-state index contributed by atoms with van der Waals surface area (Å²) in [5.74, 6) is 3.13. The van der Waals surface area contributed by atoms with Gasteiger partial charge in [0.2, 0.25) is 0 Å². The van der Waals surface area contributed by atoms with Gasteiger partial charge < -0.3 is 14.4 Å². The SMILES string of the molecule is COc1ccc(CN(C)c2ccnc(C)n2)cc1OC. The van der Waals surface area contributed by atoms with E-state index in [1.807, 2.05) is 38.2 Å². The molecule has 5 nitrogen and oxygen atoms in total. The van der Waals surface area contributed by atoms with Crippen LogP contribution in [-0.2, 0) is 6.54 Å². The molecule has 0 saturated heterocycles. The minimum atomic E-state index is 0.733. The van der Waals surface area contributed by atoms with Gasteiger partial charge >= 0.3 is 0 Å². The number of rotatable bonds is 5. The van der Waals surface area contributed by atoms with Crippen molar-refractivity contribution in [2.45, 2.75) is 13.5 Å². The molecule has 0 fully saturated rings. The molecule has 1 heterocycles. The quantitative estimate of drug-likeness (QED) is 0.837. The normalized spacial score (nSPS) is 10.2. The van der Waals surface area contributed by atoms with E-state index in [-0.39, 0.29) is 0 Å². The Kier molecular flexibility index (Phi) is 4.40. The topological polar surface area (TPSA) is 47.5 Å². The van der Waals surface area contributed by atoms with Gasteiger partial charge in [-0.1, -0.05) is 6.07 Å². The van der Waals surface area contributed by atoms with Crippen LogP contribution in [0.1, 0.15) is 11.4 Å². The molecule has 0 bridgehead atoms. The summed E-state index contributed by atoms with van der Waals surface area (Å²) in [4.78, 5) is 10.6. The molecule has 0 spiro atoms. The highest BCUT2D eigenvalue weighted by Gasteiger charge is 2.08. The first-order chi connectivity index (χ1) is 9.63. The highest BCUT2D eigenvalue weighted by atomic mass is 16.5. The molecule has 0 N–H and O–H groups in total. The molecule has 1 aromatic carbocycles. The third-order valence-electron chi connectivity index (χ3n) is 3.02. The van der Waals surface area contributed by atoms with Gasteiger partial charge in [-0.2, -0.15) is 0 Å². The maximum Gasteiger partial charge on any atom is 0.161 e. The first-order valence-electron chi connectivity index (χ1n) is 6.35. The van der Waals surface area contributed by atoms with Crippen LogP contribution in [0.2, 0.25) is 0 Å². The Morgan fingerprint density at radius 3 is 2.50 bits per heavy atom. The van der Waals surface area contributed by atoms with Crippen LogP contribution in [0.15, 0.2) is 30.5 Å². The van der Waals surface area contributed by atoms with Gasteiger partial charge in [0.05, 0.1) is 14.2 Å². The van der Waals surface area contributed by atoms with Crippen molar-refractivity contribution in [1.82, 2.24) is 9.97 Å². The highest BCUT2D eigenvalue weighted by molar-refractivity contribution is 5.45. The van der Waals surface area contributed by atoms with Gasteiger partial charge in [-0.25, -0.2) is 9.97 Å². The molecular formula is C15H19N3O2. The van der Waals surface area contributed by atoms with E-state index >= 15 is 0 Å². The Bertz CT molecular complexity index is 587. The Balaban J connectivity index is 2.17. The minimum absolute atomic E-state index is 0.733. The van der Waals surface area contributed by atoms with Crippen molar-refractivity contribution < 1.29 is 9.47 Å². The molecule has 0 radical (unpaired) electrons. The molecular weight excluding hydrogens is 254 g/mol. The summed E-state index contributed by atoms with van der Waals surface area (Å²) in [5, 5.41) is 0. The van der Waals surface area contributed by atoms with Gasteiger partial charge in [-0.15, -0.1) is 0 Å². The Morgan fingerprint density at radius 2 is 1.85 bits per heavy atom. The second kappa shape index (κ2) is 6.23. The molecule has 0 saturated carbocycles. The number of nitrogens with zero attached hydrogens (tertiary/aromatic N) is 3. The zero-order chi connectivity index (χ0) is 14.5. The number of aromatic nitrogens is 2. The lowest BCUT2D eigenvalue weighted by Crippen LogP contribution is -2.18. The third-order valence-corrected chi connectivity index (χ3v) is 3.02. The van der Waals surface area contributed by atoms with Gasteiger partial charge in [0.15, 0.2) is 11.5 Å². The summed E-state index contributed by atoms with van der Waals surface area (Å²) < 4.78 is 10.6. The standard InChI is InChI=1S/C15H19N3O2/c1-11-16-8-7-15(17-11)18(2)10-12-5-6-13(19-3)14(9-12)20-4/h5-9H,10H2,1-4H3. The molecule has 0 aliphatic rings. The minimum Gasteiger partial charge on any atom is -0.493 e. The molecule has 1 aromatic heterocycles. The van der Waals surface area contributed by atoms with Gasteiger partial charge in [-0.05, 0) is 30.7 Å². The zero-order valence-electron chi connectivity index (χ0n) is 12.3. The zero-order valence-corrected chi connectivity index (χ0v) is 12.3. The summed E-state index contributed by atoms with van der Waals surface area (Å²) in [6.45, 7) is 2.62. The summed E-state index contributed by atoms with van der Waals surface area (Å²) in [5.41, 5.74) is 1.13. The largest absolute Gasteiger partial charge is 0.493 e. The second-order valence-electron chi connectivity index (χ2n) is 4.51. The Labute approximate surface area is 119 Å². The molecule has 20 heavy (non-hydrogen) atoms. The van der Waals surface area contributed by atoms with Crippen LogP contribution in [0.3, 0.4) is 0 Å². The van der Waals surface area contributed by atoms with E-state index in [0.717, 1.165) is 35.2 Å². The summed E-state index contributed by atoms with van der Waals surface area (Å²) in [6, 6.07) is 7.80. The molecule has 0 aliphatic carbocycles. The maximum absolute atomic E-state index is 5.31. The van der Waals surface area contributed by atoms with Crippen LogP contribution in [0.5, 0.6) is 11.5 Å². The molecule has 2 aromatic rings. The predicted molar refractivity (Wildman–Crippen MR) is 78.4 cm³/mol. The number of methoxy groups -OCH3 is 2. The average Bonchev–Trinajstić information content (AvgIpc) is 2.47. The monoisotopic (exact) mass is 273 g/mol.